The minimum absolute atomic E-state index is 0.0391. The number of carboxylic acid groups (broad SMARTS) is 1. The summed E-state index contributed by atoms with van der Waals surface area (Å²) in [7, 11) is 0. The van der Waals surface area contributed by atoms with Gasteiger partial charge in [0, 0.05) is 50.8 Å². The number of pyridine rings is 1. The van der Waals surface area contributed by atoms with Gasteiger partial charge in [0.25, 0.3) is 5.91 Å². The molecule has 33 heavy (non-hydrogen) atoms. The minimum Gasteiger partial charge on any atom is -0.489 e. The van der Waals surface area contributed by atoms with Gasteiger partial charge in [0.05, 0.1) is 6.04 Å². The number of halogens is 3. The molecule has 2 amide bonds. The molecular formula is C21H26Cl2FN5O4. The Hall–Kier alpha value is -2.04. The van der Waals surface area contributed by atoms with E-state index < -0.39 is 18.3 Å². The first kappa shape index (κ1) is 22.7. The highest BCUT2D eigenvalue weighted by molar-refractivity contribution is 6.42. The molecule has 12 heteroatoms. The fourth-order valence-corrected chi connectivity index (χ4v) is 5.73. The summed E-state index contributed by atoms with van der Waals surface area (Å²) in [6, 6.07) is -0.313. The van der Waals surface area contributed by atoms with Crippen LogP contribution in [0, 0.1) is 0 Å². The molecule has 0 aliphatic carbocycles. The van der Waals surface area contributed by atoms with Crippen LogP contribution in [-0.4, -0.2) is 106 Å². The molecule has 4 aliphatic rings. The lowest BCUT2D eigenvalue weighted by molar-refractivity contribution is 0.0324. The van der Waals surface area contributed by atoms with Crippen molar-refractivity contribution in [2.45, 2.75) is 44.1 Å². The van der Waals surface area contributed by atoms with Crippen LogP contribution in [0.2, 0.25) is 10.2 Å². The highest BCUT2D eigenvalue weighted by Gasteiger charge is 2.48. The number of anilines is 1. The molecule has 3 fully saturated rings. The molecule has 2 atom stereocenters. The maximum Gasteiger partial charge on any atom is 0.407 e. The lowest BCUT2D eigenvalue weighted by atomic mass is 9.97. The van der Waals surface area contributed by atoms with E-state index in [4.69, 9.17) is 27.9 Å². The van der Waals surface area contributed by atoms with Crippen LogP contribution >= 0.6 is 23.2 Å². The highest BCUT2D eigenvalue weighted by atomic mass is 35.5. The van der Waals surface area contributed by atoms with E-state index in [2.05, 4.69) is 23.7 Å². The van der Waals surface area contributed by atoms with E-state index in [9.17, 15) is 19.1 Å². The summed E-state index contributed by atoms with van der Waals surface area (Å²) < 4.78 is 19.5. The Bertz CT molecular complexity index is 1010. The highest BCUT2D eigenvalue weighted by Crippen LogP contribution is 2.45. The zero-order chi connectivity index (χ0) is 23.7. The number of fused-ring (bicyclic) bond motifs is 2. The molecule has 1 aromatic rings. The Kier molecular flexibility index (Phi) is 5.53. The molecule has 1 N–H and O–H groups in total. The first-order chi connectivity index (χ1) is 15.6. The van der Waals surface area contributed by atoms with Crippen molar-refractivity contribution in [3.05, 3.63) is 15.7 Å². The van der Waals surface area contributed by atoms with E-state index in [0.717, 1.165) is 6.42 Å². The summed E-state index contributed by atoms with van der Waals surface area (Å²) >= 11 is 12.8. The van der Waals surface area contributed by atoms with Gasteiger partial charge in [-0.05, 0) is 20.3 Å². The average Bonchev–Trinajstić information content (AvgIpc) is 2.97. The van der Waals surface area contributed by atoms with Crippen LogP contribution in [0.3, 0.4) is 0 Å². The van der Waals surface area contributed by atoms with Crippen molar-refractivity contribution in [3.8, 4) is 5.75 Å². The molecule has 180 valence electrons. The van der Waals surface area contributed by atoms with Crippen molar-refractivity contribution in [1.29, 1.82) is 0 Å². The first-order valence-electron chi connectivity index (χ1n) is 11.0. The predicted octanol–water partition coefficient (Wildman–Crippen LogP) is 2.60. The summed E-state index contributed by atoms with van der Waals surface area (Å²) in [4.78, 5) is 36.8. The van der Waals surface area contributed by atoms with Crippen molar-refractivity contribution < 1.29 is 23.8 Å². The maximum atomic E-state index is 13.8. The molecule has 5 rings (SSSR count). The van der Waals surface area contributed by atoms with Crippen molar-refractivity contribution in [2.24, 2.45) is 0 Å². The third-order valence-corrected chi connectivity index (χ3v) is 7.90. The van der Waals surface area contributed by atoms with E-state index in [1.54, 1.807) is 4.90 Å². The average molecular weight is 502 g/mol. The number of hydrogen-bond acceptors (Lipinski definition) is 6. The van der Waals surface area contributed by atoms with E-state index in [0.29, 0.717) is 25.5 Å². The molecule has 0 spiro atoms. The van der Waals surface area contributed by atoms with Gasteiger partial charge in [-0.1, -0.05) is 23.2 Å². The van der Waals surface area contributed by atoms with Crippen molar-refractivity contribution in [1.82, 2.24) is 19.7 Å². The molecule has 9 nitrogen and oxygen atoms in total. The molecule has 0 unspecified atom stereocenters. The van der Waals surface area contributed by atoms with Crippen LogP contribution in [0.4, 0.5) is 15.0 Å². The van der Waals surface area contributed by atoms with Crippen LogP contribution < -0.4 is 9.64 Å². The summed E-state index contributed by atoms with van der Waals surface area (Å²) in [6.45, 7) is 6.24. The van der Waals surface area contributed by atoms with Gasteiger partial charge < -0.3 is 24.5 Å². The summed E-state index contributed by atoms with van der Waals surface area (Å²) in [5, 5.41) is 9.48. The van der Waals surface area contributed by atoms with Gasteiger partial charge >= 0.3 is 6.09 Å². The number of hydrogen-bond donors (Lipinski definition) is 1. The Morgan fingerprint density at radius 3 is 2.58 bits per heavy atom. The molecule has 5 heterocycles. The molecule has 0 radical (unpaired) electrons. The minimum atomic E-state index is -1.03. The lowest BCUT2D eigenvalue weighted by Crippen LogP contribution is -2.57. The Balaban J connectivity index is 1.52. The standard InChI is InChI=1S/C21H26Cl2FN5O4/c1-21(2)5-12(27-6-11(24)7-27)9-29(21)18-14-16(15(22)17(23)25-18)33-10-13-8-26(20(31)32)3-4-28(13)19(14)30/h11-13H,3-10H2,1-2H3,(H,31,32)/t12-,13-/m1/s1. The van der Waals surface area contributed by atoms with Crippen molar-refractivity contribution in [3.63, 3.8) is 0 Å². The fraction of sp³-hybridized carbons (Fsp3) is 0.667. The Morgan fingerprint density at radius 1 is 1.18 bits per heavy atom. The SMILES string of the molecule is CC1(C)C[C@@H](N2CC(F)C2)CN1c1nc(Cl)c(Cl)c2c1C(=O)N1CCN(C(=O)O)C[C@@H]1CO2. The van der Waals surface area contributed by atoms with E-state index >= 15 is 0 Å². The summed E-state index contributed by atoms with van der Waals surface area (Å²) in [5.41, 5.74) is -0.116. The molecule has 0 saturated carbocycles. The van der Waals surface area contributed by atoms with E-state index in [1.807, 2.05) is 4.90 Å². The molecule has 3 saturated heterocycles. The second-order valence-electron chi connectivity index (χ2n) is 9.77. The quantitative estimate of drug-likeness (QED) is 0.622. The maximum absolute atomic E-state index is 13.8. The number of piperazine rings is 1. The van der Waals surface area contributed by atoms with Gasteiger partial charge in [0.2, 0.25) is 0 Å². The number of rotatable bonds is 2. The van der Waals surface area contributed by atoms with Gasteiger partial charge in [0.15, 0.2) is 10.9 Å². The van der Waals surface area contributed by atoms with E-state index in [1.165, 1.54) is 4.90 Å². The summed E-state index contributed by atoms with van der Waals surface area (Å²) in [5.74, 6) is 0.279. The van der Waals surface area contributed by atoms with Gasteiger partial charge in [-0.25, -0.2) is 14.2 Å². The number of carbonyl (C=O) groups is 2. The Morgan fingerprint density at radius 2 is 1.91 bits per heavy atom. The van der Waals surface area contributed by atoms with Gasteiger partial charge in [-0.3, -0.25) is 9.69 Å². The second kappa shape index (κ2) is 8.02. The molecule has 4 aliphatic heterocycles. The number of alkyl halides is 1. The predicted molar refractivity (Wildman–Crippen MR) is 120 cm³/mol. The van der Waals surface area contributed by atoms with Crippen LogP contribution in [0.25, 0.3) is 0 Å². The number of likely N-dealkylation sites (tertiary alicyclic amines) is 1. The number of carbonyl (C=O) groups excluding carboxylic acids is 1. The number of amides is 2. The lowest BCUT2D eigenvalue weighted by Gasteiger charge is -2.39. The monoisotopic (exact) mass is 501 g/mol. The normalized spacial score (nSPS) is 27.5. The number of aromatic nitrogens is 1. The second-order valence-corrected chi connectivity index (χ2v) is 10.5. The molecule has 0 bridgehead atoms. The molecule has 0 aromatic carbocycles. The van der Waals surface area contributed by atoms with E-state index in [-0.39, 0.29) is 65.2 Å². The summed E-state index contributed by atoms with van der Waals surface area (Å²) in [6.07, 6.45) is -1.04. The largest absolute Gasteiger partial charge is 0.489 e. The number of nitrogens with zero attached hydrogens (tertiary/aromatic N) is 5. The third-order valence-electron chi connectivity index (χ3n) is 7.18. The third kappa shape index (κ3) is 3.76. The van der Waals surface area contributed by atoms with Crippen molar-refractivity contribution >= 4 is 41.0 Å². The number of ether oxygens (including phenoxy) is 1. The Labute approximate surface area is 201 Å². The van der Waals surface area contributed by atoms with Gasteiger partial charge in [-0.15, -0.1) is 0 Å². The smallest absolute Gasteiger partial charge is 0.407 e. The van der Waals surface area contributed by atoms with Gasteiger partial charge in [0.1, 0.15) is 29.2 Å². The zero-order valence-electron chi connectivity index (χ0n) is 18.4. The first-order valence-corrected chi connectivity index (χ1v) is 11.8. The van der Waals surface area contributed by atoms with Crippen LogP contribution in [0.1, 0.15) is 30.6 Å². The van der Waals surface area contributed by atoms with Gasteiger partial charge in [-0.2, -0.15) is 0 Å². The van der Waals surface area contributed by atoms with Crippen LogP contribution in [0.15, 0.2) is 0 Å². The van der Waals surface area contributed by atoms with Crippen LogP contribution in [0.5, 0.6) is 5.75 Å². The fourth-order valence-electron chi connectivity index (χ4n) is 5.37. The zero-order valence-corrected chi connectivity index (χ0v) is 19.9. The molecular weight excluding hydrogens is 476 g/mol. The topological polar surface area (TPSA) is 89.5 Å². The van der Waals surface area contributed by atoms with Crippen molar-refractivity contribution in [2.75, 3.05) is 50.8 Å². The van der Waals surface area contributed by atoms with Crippen LogP contribution in [-0.2, 0) is 0 Å². The molecule has 1 aromatic heterocycles.